The number of alkyl halides is 2. The van der Waals surface area contributed by atoms with Crippen LogP contribution in [0.5, 0.6) is 0 Å². The van der Waals surface area contributed by atoms with E-state index in [4.69, 9.17) is 5.26 Å². The molecule has 0 unspecified atom stereocenters. The Balaban J connectivity index is 3.48. The fraction of sp³-hybridized carbons (Fsp3) is 0.250. The second-order valence-electron chi connectivity index (χ2n) is 2.73. The van der Waals surface area contributed by atoms with Crippen molar-refractivity contribution >= 4 is 28.3 Å². The van der Waals surface area contributed by atoms with Gasteiger partial charge in [0.2, 0.25) is 0 Å². The fourth-order valence-corrected chi connectivity index (χ4v) is 1.80. The first kappa shape index (κ1) is 12.7. The summed E-state index contributed by atoms with van der Waals surface area (Å²) in [6, 6.07) is 2.95. The highest BCUT2D eigenvalue weighted by atomic mass is 127. The van der Waals surface area contributed by atoms with Crippen LogP contribution < -0.4 is 0 Å². The van der Waals surface area contributed by atoms with Crippen LogP contribution in [0.4, 0.5) is 14.5 Å². The van der Waals surface area contributed by atoms with Crippen LogP contribution in [0.15, 0.2) is 6.07 Å². The van der Waals surface area contributed by atoms with Crippen molar-refractivity contribution in [2.75, 3.05) is 0 Å². The molecule has 0 fully saturated rings. The maximum absolute atomic E-state index is 12.5. The number of nitriles is 1. The number of aromatic nitrogens is 1. The zero-order chi connectivity index (χ0) is 12.3. The number of nitro groups is 1. The van der Waals surface area contributed by atoms with Crippen molar-refractivity contribution < 1.29 is 13.7 Å². The summed E-state index contributed by atoms with van der Waals surface area (Å²) in [5.74, 6) is 0. The van der Waals surface area contributed by atoms with E-state index < -0.39 is 22.7 Å². The van der Waals surface area contributed by atoms with Gasteiger partial charge in [-0.3, -0.25) is 10.1 Å². The number of pyridine rings is 1. The lowest BCUT2D eigenvalue weighted by Gasteiger charge is -2.05. The van der Waals surface area contributed by atoms with E-state index in [1.807, 2.05) is 0 Å². The minimum atomic E-state index is -3.03. The molecule has 0 aliphatic rings. The van der Waals surface area contributed by atoms with E-state index >= 15 is 0 Å². The summed E-state index contributed by atoms with van der Waals surface area (Å²) >= 11 is 1.67. The monoisotopic (exact) mass is 339 g/mol. The predicted molar refractivity (Wildman–Crippen MR) is 57.9 cm³/mol. The van der Waals surface area contributed by atoms with Crippen LogP contribution >= 0.6 is 22.6 Å². The topological polar surface area (TPSA) is 79.8 Å². The second-order valence-corrected chi connectivity index (χ2v) is 3.84. The molecule has 0 aromatic carbocycles. The lowest BCUT2D eigenvalue weighted by atomic mass is 10.1. The van der Waals surface area contributed by atoms with Gasteiger partial charge in [0.25, 0.3) is 6.43 Å². The molecule has 1 aromatic rings. The highest BCUT2D eigenvalue weighted by Crippen LogP contribution is 2.31. The highest BCUT2D eigenvalue weighted by molar-refractivity contribution is 14.1. The number of nitrogens with zero attached hydrogens (tertiary/aromatic N) is 3. The summed E-state index contributed by atoms with van der Waals surface area (Å²) in [4.78, 5) is 13.1. The van der Waals surface area contributed by atoms with E-state index in [0.717, 1.165) is 0 Å². The van der Waals surface area contributed by atoms with Crippen LogP contribution in [-0.2, 0) is 6.42 Å². The molecule has 0 bridgehead atoms. The minimum Gasteiger partial charge on any atom is -0.258 e. The first-order chi connectivity index (χ1) is 7.47. The molecule has 0 aliphatic carbocycles. The third kappa shape index (κ3) is 2.60. The van der Waals surface area contributed by atoms with E-state index in [-0.39, 0.29) is 15.7 Å². The van der Waals surface area contributed by atoms with Gasteiger partial charge in [0.1, 0.15) is 3.70 Å². The van der Waals surface area contributed by atoms with Crippen LogP contribution in [0.2, 0.25) is 0 Å². The summed E-state index contributed by atoms with van der Waals surface area (Å²) in [5, 5.41) is 19.1. The van der Waals surface area contributed by atoms with E-state index in [0.29, 0.717) is 0 Å². The van der Waals surface area contributed by atoms with Gasteiger partial charge < -0.3 is 0 Å². The summed E-state index contributed by atoms with van der Waals surface area (Å²) in [7, 11) is 0. The molecule has 1 aromatic heterocycles. The Morgan fingerprint density at radius 3 is 2.75 bits per heavy atom. The Bertz CT molecular complexity index is 473. The van der Waals surface area contributed by atoms with E-state index in [9.17, 15) is 18.9 Å². The maximum atomic E-state index is 12.5. The molecule has 5 nitrogen and oxygen atoms in total. The number of hydrogen-bond acceptors (Lipinski definition) is 4. The molecule has 0 N–H and O–H groups in total. The van der Waals surface area contributed by atoms with Crippen molar-refractivity contribution in [1.82, 2.24) is 4.98 Å². The number of hydrogen-bond donors (Lipinski definition) is 0. The van der Waals surface area contributed by atoms with Gasteiger partial charge in [-0.2, -0.15) is 5.26 Å². The van der Waals surface area contributed by atoms with Crippen molar-refractivity contribution in [2.24, 2.45) is 0 Å². The largest absolute Gasteiger partial charge is 0.300 e. The number of halogens is 3. The normalized spacial score (nSPS) is 10.2. The van der Waals surface area contributed by atoms with Gasteiger partial charge in [-0.1, -0.05) is 0 Å². The molecule has 84 valence electrons. The molecule has 0 saturated heterocycles. The van der Waals surface area contributed by atoms with E-state index in [1.54, 1.807) is 28.7 Å². The zero-order valence-corrected chi connectivity index (χ0v) is 9.81. The standard InChI is InChI=1S/C8H4F2IN3O2/c9-8(10)6-7(14(15)16)4(1-2-12)3-5(11)13-6/h3,8H,1H2. The molecule has 0 atom stereocenters. The Labute approximate surface area is 102 Å². The molecule has 1 rings (SSSR count). The van der Waals surface area contributed by atoms with Gasteiger partial charge in [0.15, 0.2) is 5.69 Å². The van der Waals surface area contributed by atoms with Crippen LogP contribution in [0.3, 0.4) is 0 Å². The summed E-state index contributed by atoms with van der Waals surface area (Å²) in [5.41, 5.74) is -1.69. The molecular weight excluding hydrogens is 335 g/mol. The summed E-state index contributed by atoms with van der Waals surface area (Å²) in [6.07, 6.45) is -3.33. The van der Waals surface area contributed by atoms with Crippen LogP contribution in [0, 0.1) is 25.1 Å². The summed E-state index contributed by atoms with van der Waals surface area (Å²) < 4.78 is 25.3. The Kier molecular flexibility index (Phi) is 4.05. The van der Waals surface area contributed by atoms with Crippen LogP contribution in [0.1, 0.15) is 17.7 Å². The molecule has 16 heavy (non-hydrogen) atoms. The highest BCUT2D eigenvalue weighted by Gasteiger charge is 2.28. The van der Waals surface area contributed by atoms with Gasteiger partial charge in [0.05, 0.1) is 17.4 Å². The maximum Gasteiger partial charge on any atom is 0.300 e. The minimum absolute atomic E-state index is 0.0396. The van der Waals surface area contributed by atoms with Crippen molar-refractivity contribution in [3.63, 3.8) is 0 Å². The van der Waals surface area contributed by atoms with Crippen molar-refractivity contribution in [3.8, 4) is 6.07 Å². The van der Waals surface area contributed by atoms with Gasteiger partial charge in [-0.25, -0.2) is 13.8 Å². The lowest BCUT2D eigenvalue weighted by Crippen LogP contribution is -2.05. The third-order valence-electron chi connectivity index (χ3n) is 1.73. The zero-order valence-electron chi connectivity index (χ0n) is 7.65. The molecule has 0 aliphatic heterocycles. The predicted octanol–water partition coefficient (Wildman–Crippen LogP) is 2.60. The van der Waals surface area contributed by atoms with Gasteiger partial charge >= 0.3 is 5.69 Å². The molecule has 8 heteroatoms. The molecule has 0 radical (unpaired) electrons. The first-order valence-electron chi connectivity index (χ1n) is 3.96. The Morgan fingerprint density at radius 2 is 2.31 bits per heavy atom. The fourth-order valence-electron chi connectivity index (χ4n) is 1.16. The smallest absolute Gasteiger partial charge is 0.258 e. The lowest BCUT2D eigenvalue weighted by molar-refractivity contribution is -0.387. The Morgan fingerprint density at radius 1 is 1.69 bits per heavy atom. The van der Waals surface area contributed by atoms with E-state index in [2.05, 4.69) is 4.98 Å². The summed E-state index contributed by atoms with van der Waals surface area (Å²) in [6.45, 7) is 0. The van der Waals surface area contributed by atoms with Gasteiger partial charge in [-0.05, 0) is 28.7 Å². The molecule has 0 amide bonds. The molecule has 0 spiro atoms. The quantitative estimate of drug-likeness (QED) is 0.367. The van der Waals surface area contributed by atoms with E-state index in [1.165, 1.54) is 6.07 Å². The SMILES string of the molecule is N#CCc1cc(I)nc(C(F)F)c1[N+](=O)[O-]. The van der Waals surface area contributed by atoms with Gasteiger partial charge in [-0.15, -0.1) is 0 Å². The van der Waals surface area contributed by atoms with Crippen LogP contribution in [-0.4, -0.2) is 9.91 Å². The first-order valence-corrected chi connectivity index (χ1v) is 5.04. The average molecular weight is 339 g/mol. The number of rotatable bonds is 3. The third-order valence-corrected chi connectivity index (χ3v) is 2.28. The molecular formula is C8H4F2IN3O2. The van der Waals surface area contributed by atoms with Gasteiger partial charge in [0, 0.05) is 5.56 Å². The second kappa shape index (κ2) is 5.11. The average Bonchev–Trinajstić information content (AvgIpc) is 2.16. The Hall–Kier alpha value is -1.37. The van der Waals surface area contributed by atoms with Crippen molar-refractivity contribution in [3.05, 3.63) is 31.1 Å². The molecule has 0 saturated carbocycles. The van der Waals surface area contributed by atoms with Crippen LogP contribution in [0.25, 0.3) is 0 Å². The molecule has 1 heterocycles. The van der Waals surface area contributed by atoms with Crippen molar-refractivity contribution in [1.29, 1.82) is 5.26 Å². The van der Waals surface area contributed by atoms with Crippen molar-refractivity contribution in [2.45, 2.75) is 12.8 Å².